The van der Waals surface area contributed by atoms with Crippen LogP contribution in [0.2, 0.25) is 0 Å². The van der Waals surface area contributed by atoms with Gasteiger partial charge in [-0.25, -0.2) is 4.98 Å². The third-order valence-electron chi connectivity index (χ3n) is 4.17. The van der Waals surface area contributed by atoms with Crippen LogP contribution in [0.25, 0.3) is 11.3 Å². The molecule has 0 aliphatic heterocycles. The molecule has 0 saturated carbocycles. The summed E-state index contributed by atoms with van der Waals surface area (Å²) < 4.78 is 5.36. The average Bonchev–Trinajstić information content (AvgIpc) is 3.16. The van der Waals surface area contributed by atoms with Gasteiger partial charge in [0.25, 0.3) is 5.91 Å². The number of thioether (sulfide) groups is 1. The maximum absolute atomic E-state index is 12.6. The van der Waals surface area contributed by atoms with Gasteiger partial charge in [-0.1, -0.05) is 37.6 Å². The fourth-order valence-corrected chi connectivity index (χ4v) is 3.89. The van der Waals surface area contributed by atoms with E-state index in [1.807, 2.05) is 23.8 Å². The molecule has 0 bridgehead atoms. The van der Waals surface area contributed by atoms with Crippen molar-refractivity contribution in [1.29, 1.82) is 0 Å². The molecule has 27 heavy (non-hydrogen) atoms. The van der Waals surface area contributed by atoms with Crippen molar-refractivity contribution < 1.29 is 9.53 Å². The summed E-state index contributed by atoms with van der Waals surface area (Å²) in [4.78, 5) is 18.2. The first-order valence-corrected chi connectivity index (χ1v) is 10.8. The number of benzene rings is 2. The van der Waals surface area contributed by atoms with Crippen LogP contribution in [-0.4, -0.2) is 24.3 Å². The lowest BCUT2D eigenvalue weighted by Crippen LogP contribution is -2.13. The summed E-state index contributed by atoms with van der Waals surface area (Å²) in [6, 6.07) is 14.0. The summed E-state index contributed by atoms with van der Waals surface area (Å²) in [7, 11) is 1.57. The quantitative estimate of drug-likeness (QED) is 0.515. The van der Waals surface area contributed by atoms with E-state index in [0.29, 0.717) is 16.4 Å². The number of amides is 1. The van der Waals surface area contributed by atoms with Crippen molar-refractivity contribution in [1.82, 2.24) is 4.98 Å². The average molecular weight is 399 g/mol. The Morgan fingerprint density at radius 3 is 2.67 bits per heavy atom. The predicted molar refractivity (Wildman–Crippen MR) is 114 cm³/mol. The fraction of sp³-hybridized carbons (Fsp3) is 0.238. The molecule has 0 unspecified atom stereocenters. The van der Waals surface area contributed by atoms with Crippen molar-refractivity contribution in [3.8, 4) is 17.0 Å². The van der Waals surface area contributed by atoms with E-state index in [9.17, 15) is 4.79 Å². The van der Waals surface area contributed by atoms with Gasteiger partial charge in [-0.15, -0.1) is 23.1 Å². The number of nitrogens with zero attached hydrogens (tertiary/aromatic N) is 1. The SMILES string of the molecule is CCCc1ccc(-c2csc(NC(=O)c3ccc(SC)cc3OC)n2)cc1. The van der Waals surface area contributed by atoms with Gasteiger partial charge in [0.15, 0.2) is 5.13 Å². The zero-order valence-electron chi connectivity index (χ0n) is 15.6. The molecular weight excluding hydrogens is 376 g/mol. The number of aromatic nitrogens is 1. The van der Waals surface area contributed by atoms with E-state index in [0.717, 1.165) is 29.0 Å². The molecule has 0 fully saturated rings. The van der Waals surface area contributed by atoms with Gasteiger partial charge in [0, 0.05) is 15.8 Å². The minimum Gasteiger partial charge on any atom is -0.496 e. The van der Waals surface area contributed by atoms with E-state index in [2.05, 4.69) is 41.5 Å². The monoisotopic (exact) mass is 398 g/mol. The van der Waals surface area contributed by atoms with Crippen LogP contribution in [0.1, 0.15) is 29.3 Å². The minimum absolute atomic E-state index is 0.223. The number of nitrogens with one attached hydrogen (secondary N) is 1. The van der Waals surface area contributed by atoms with Crippen molar-refractivity contribution in [3.05, 3.63) is 59.0 Å². The van der Waals surface area contributed by atoms with Crippen molar-refractivity contribution in [3.63, 3.8) is 0 Å². The molecule has 0 atom stereocenters. The zero-order chi connectivity index (χ0) is 19.2. The zero-order valence-corrected chi connectivity index (χ0v) is 17.2. The largest absolute Gasteiger partial charge is 0.496 e. The number of aryl methyl sites for hydroxylation is 1. The fourth-order valence-electron chi connectivity index (χ4n) is 2.75. The number of ether oxygens (including phenoxy) is 1. The van der Waals surface area contributed by atoms with E-state index >= 15 is 0 Å². The highest BCUT2D eigenvalue weighted by Gasteiger charge is 2.15. The molecule has 1 heterocycles. The minimum atomic E-state index is -0.223. The molecule has 0 radical (unpaired) electrons. The number of rotatable bonds is 7. The van der Waals surface area contributed by atoms with Crippen LogP contribution in [0.5, 0.6) is 5.75 Å². The first kappa shape index (κ1) is 19.5. The molecule has 4 nitrogen and oxygen atoms in total. The Bertz CT molecular complexity index is 920. The lowest BCUT2D eigenvalue weighted by molar-refractivity contribution is 0.102. The molecule has 0 aliphatic rings. The van der Waals surface area contributed by atoms with E-state index in [1.54, 1.807) is 24.9 Å². The maximum atomic E-state index is 12.6. The van der Waals surface area contributed by atoms with Gasteiger partial charge in [-0.05, 0) is 36.4 Å². The van der Waals surface area contributed by atoms with Crippen LogP contribution in [0.3, 0.4) is 0 Å². The highest BCUT2D eigenvalue weighted by molar-refractivity contribution is 7.98. The normalized spacial score (nSPS) is 10.6. The third-order valence-corrected chi connectivity index (χ3v) is 5.65. The van der Waals surface area contributed by atoms with Crippen LogP contribution in [-0.2, 0) is 6.42 Å². The number of anilines is 1. The number of hydrogen-bond acceptors (Lipinski definition) is 5. The van der Waals surface area contributed by atoms with Gasteiger partial charge in [-0.2, -0.15) is 0 Å². The van der Waals surface area contributed by atoms with Crippen LogP contribution in [0.15, 0.2) is 52.7 Å². The Kier molecular flexibility index (Phi) is 6.53. The van der Waals surface area contributed by atoms with Gasteiger partial charge in [0.1, 0.15) is 5.75 Å². The van der Waals surface area contributed by atoms with Gasteiger partial charge in [0.2, 0.25) is 0 Å². The van der Waals surface area contributed by atoms with Gasteiger partial charge in [0.05, 0.1) is 18.4 Å². The van der Waals surface area contributed by atoms with Gasteiger partial charge < -0.3 is 4.74 Å². The van der Waals surface area contributed by atoms with E-state index in [-0.39, 0.29) is 5.91 Å². The molecular formula is C21H22N2O2S2. The molecule has 2 aromatic carbocycles. The Morgan fingerprint density at radius 1 is 1.22 bits per heavy atom. The summed E-state index contributed by atoms with van der Waals surface area (Å²) >= 11 is 3.02. The third kappa shape index (κ3) is 4.70. The van der Waals surface area contributed by atoms with Crippen molar-refractivity contribution >= 4 is 34.1 Å². The Hall–Kier alpha value is -2.31. The predicted octanol–water partition coefficient (Wildman–Crippen LogP) is 5.75. The van der Waals surface area contributed by atoms with E-state index in [1.165, 1.54) is 16.9 Å². The number of thiazole rings is 1. The summed E-state index contributed by atoms with van der Waals surface area (Å²) in [5.41, 5.74) is 3.73. The topological polar surface area (TPSA) is 51.2 Å². The van der Waals surface area contributed by atoms with Gasteiger partial charge in [-0.3, -0.25) is 10.1 Å². The van der Waals surface area contributed by atoms with E-state index < -0.39 is 0 Å². The number of carbonyl (C=O) groups is 1. The van der Waals surface area contributed by atoms with Crippen LogP contribution >= 0.6 is 23.1 Å². The van der Waals surface area contributed by atoms with Crippen molar-refractivity contribution in [2.75, 3.05) is 18.7 Å². The second kappa shape index (κ2) is 9.06. The molecule has 3 aromatic rings. The Morgan fingerprint density at radius 2 is 2.00 bits per heavy atom. The second-order valence-corrected chi connectivity index (χ2v) is 7.74. The van der Waals surface area contributed by atoms with Crippen LogP contribution < -0.4 is 10.1 Å². The Balaban J connectivity index is 1.74. The molecule has 140 valence electrons. The maximum Gasteiger partial charge on any atom is 0.261 e. The Labute approximate surface area is 168 Å². The van der Waals surface area contributed by atoms with Crippen molar-refractivity contribution in [2.24, 2.45) is 0 Å². The molecule has 3 rings (SSSR count). The highest BCUT2D eigenvalue weighted by atomic mass is 32.2. The van der Waals surface area contributed by atoms with Crippen LogP contribution in [0.4, 0.5) is 5.13 Å². The highest BCUT2D eigenvalue weighted by Crippen LogP contribution is 2.28. The number of hydrogen-bond donors (Lipinski definition) is 1. The smallest absolute Gasteiger partial charge is 0.261 e. The summed E-state index contributed by atoms with van der Waals surface area (Å²) in [5, 5.41) is 5.40. The first-order valence-electron chi connectivity index (χ1n) is 8.72. The first-order chi connectivity index (χ1) is 13.1. The molecule has 0 spiro atoms. The summed E-state index contributed by atoms with van der Waals surface area (Å²) in [6.07, 6.45) is 4.20. The number of methoxy groups -OCH3 is 1. The van der Waals surface area contributed by atoms with E-state index in [4.69, 9.17) is 4.74 Å². The summed E-state index contributed by atoms with van der Waals surface area (Å²) in [6.45, 7) is 2.17. The van der Waals surface area contributed by atoms with Gasteiger partial charge >= 0.3 is 0 Å². The van der Waals surface area contributed by atoms with Crippen molar-refractivity contribution in [2.45, 2.75) is 24.7 Å². The number of carbonyl (C=O) groups excluding carboxylic acids is 1. The molecule has 0 aliphatic carbocycles. The van der Waals surface area contributed by atoms with Crippen LogP contribution in [0, 0.1) is 0 Å². The lowest BCUT2D eigenvalue weighted by Gasteiger charge is -2.09. The molecule has 0 saturated heterocycles. The molecule has 1 amide bonds. The lowest BCUT2D eigenvalue weighted by atomic mass is 10.1. The standard InChI is InChI=1S/C21H22N2O2S2/c1-4-5-14-6-8-15(9-7-14)18-13-27-21(22-18)23-20(24)17-11-10-16(26-3)12-19(17)25-2/h6-13H,4-5H2,1-3H3,(H,22,23,24). The summed E-state index contributed by atoms with van der Waals surface area (Å²) in [5.74, 6) is 0.335. The molecule has 1 N–H and O–H groups in total. The molecule has 6 heteroatoms. The molecule has 1 aromatic heterocycles. The second-order valence-electron chi connectivity index (χ2n) is 6.01.